The van der Waals surface area contributed by atoms with E-state index in [0.29, 0.717) is 63.5 Å². The number of ether oxygens (including phenoxy) is 2. The summed E-state index contributed by atoms with van der Waals surface area (Å²) in [5.41, 5.74) is 0.650. The standard InChI is InChI=1S/C20H25N3O6S/c24-19(21-5-9-28-10-6-21)14-23-13-18(16-3-1-2-4-17(16)23)30(26,27)15-20(25)22-7-11-29-12-8-22/h1-4,13H,5-12,14-15H2. The summed E-state index contributed by atoms with van der Waals surface area (Å²) in [6.45, 7) is 3.70. The van der Waals surface area contributed by atoms with Crippen LogP contribution >= 0.6 is 0 Å². The SMILES string of the molecule is O=C(Cn1cc(S(=O)(=O)CC(=O)N2CCOCC2)c2ccccc21)N1CCOCC1. The van der Waals surface area contributed by atoms with Crippen molar-refractivity contribution in [1.82, 2.24) is 14.4 Å². The summed E-state index contributed by atoms with van der Waals surface area (Å²) in [6, 6.07) is 7.04. The lowest BCUT2D eigenvalue weighted by Crippen LogP contribution is -2.43. The molecule has 0 N–H and O–H groups in total. The van der Waals surface area contributed by atoms with Crippen LogP contribution in [0.15, 0.2) is 35.4 Å². The Kier molecular flexibility index (Phi) is 6.07. The first-order chi connectivity index (χ1) is 14.5. The quantitative estimate of drug-likeness (QED) is 0.662. The molecular weight excluding hydrogens is 410 g/mol. The van der Waals surface area contributed by atoms with E-state index in [1.165, 1.54) is 11.1 Å². The molecule has 1 aromatic heterocycles. The van der Waals surface area contributed by atoms with Gasteiger partial charge in [0, 0.05) is 43.3 Å². The van der Waals surface area contributed by atoms with Gasteiger partial charge in [0.15, 0.2) is 9.84 Å². The van der Waals surface area contributed by atoms with E-state index in [1.807, 2.05) is 0 Å². The zero-order valence-electron chi connectivity index (χ0n) is 16.7. The molecule has 162 valence electrons. The van der Waals surface area contributed by atoms with Gasteiger partial charge in [0.2, 0.25) is 11.8 Å². The highest BCUT2D eigenvalue weighted by Crippen LogP contribution is 2.27. The number of nitrogens with zero attached hydrogens (tertiary/aromatic N) is 3. The Morgan fingerprint density at radius 3 is 2.07 bits per heavy atom. The first-order valence-electron chi connectivity index (χ1n) is 9.97. The highest BCUT2D eigenvalue weighted by Gasteiger charge is 2.28. The predicted molar refractivity (Wildman–Crippen MR) is 109 cm³/mol. The summed E-state index contributed by atoms with van der Waals surface area (Å²) in [4.78, 5) is 28.5. The van der Waals surface area contributed by atoms with Gasteiger partial charge in [-0.15, -0.1) is 0 Å². The predicted octanol–water partition coefficient (Wildman–Crippen LogP) is 0.133. The molecule has 0 spiro atoms. The lowest BCUT2D eigenvalue weighted by atomic mass is 10.2. The zero-order chi connectivity index (χ0) is 21.1. The van der Waals surface area contributed by atoms with Crippen molar-refractivity contribution in [3.8, 4) is 0 Å². The fourth-order valence-electron chi connectivity index (χ4n) is 3.79. The van der Waals surface area contributed by atoms with E-state index >= 15 is 0 Å². The van der Waals surface area contributed by atoms with Gasteiger partial charge in [-0.2, -0.15) is 0 Å². The van der Waals surface area contributed by atoms with Crippen LogP contribution in [0, 0.1) is 0 Å². The Morgan fingerprint density at radius 2 is 1.43 bits per heavy atom. The molecule has 10 heteroatoms. The van der Waals surface area contributed by atoms with Crippen molar-refractivity contribution in [2.75, 3.05) is 58.4 Å². The van der Waals surface area contributed by atoms with Crippen LogP contribution in [0.2, 0.25) is 0 Å². The van der Waals surface area contributed by atoms with Crippen molar-refractivity contribution in [3.05, 3.63) is 30.5 Å². The number of carbonyl (C=O) groups excluding carboxylic acids is 2. The van der Waals surface area contributed by atoms with Gasteiger partial charge in [-0.3, -0.25) is 9.59 Å². The van der Waals surface area contributed by atoms with E-state index in [4.69, 9.17) is 9.47 Å². The number of sulfone groups is 1. The molecule has 2 aromatic rings. The number of rotatable bonds is 5. The van der Waals surface area contributed by atoms with Crippen LogP contribution in [0.5, 0.6) is 0 Å². The number of morpholine rings is 2. The minimum Gasteiger partial charge on any atom is -0.378 e. The lowest BCUT2D eigenvalue weighted by molar-refractivity contribution is -0.136. The summed E-state index contributed by atoms with van der Waals surface area (Å²) in [7, 11) is -3.87. The highest BCUT2D eigenvalue weighted by atomic mass is 32.2. The van der Waals surface area contributed by atoms with Crippen molar-refractivity contribution in [3.63, 3.8) is 0 Å². The smallest absolute Gasteiger partial charge is 0.242 e. The molecule has 0 bridgehead atoms. The number of benzene rings is 1. The maximum Gasteiger partial charge on any atom is 0.242 e. The monoisotopic (exact) mass is 435 g/mol. The summed E-state index contributed by atoms with van der Waals surface area (Å²) in [5, 5.41) is 0.516. The molecule has 0 aliphatic carbocycles. The Bertz CT molecular complexity index is 1040. The van der Waals surface area contributed by atoms with E-state index in [1.54, 1.807) is 33.7 Å². The first-order valence-corrected chi connectivity index (χ1v) is 11.6. The third kappa shape index (κ3) is 4.35. The van der Waals surface area contributed by atoms with Crippen LogP contribution < -0.4 is 0 Å². The Balaban J connectivity index is 1.59. The number of fused-ring (bicyclic) bond motifs is 1. The van der Waals surface area contributed by atoms with Gasteiger partial charge in [-0.05, 0) is 6.07 Å². The molecule has 0 saturated carbocycles. The van der Waals surface area contributed by atoms with Crippen molar-refractivity contribution in [2.24, 2.45) is 0 Å². The van der Waals surface area contributed by atoms with E-state index in [-0.39, 0.29) is 17.3 Å². The van der Waals surface area contributed by atoms with Gasteiger partial charge in [-0.25, -0.2) is 8.42 Å². The van der Waals surface area contributed by atoms with Crippen LogP contribution in [0.25, 0.3) is 10.9 Å². The number of para-hydroxylation sites is 1. The number of hydrogen-bond donors (Lipinski definition) is 0. The van der Waals surface area contributed by atoms with Gasteiger partial charge in [0.05, 0.1) is 31.3 Å². The average Bonchev–Trinajstić information content (AvgIpc) is 3.14. The average molecular weight is 436 g/mol. The molecule has 2 amide bonds. The van der Waals surface area contributed by atoms with Crippen LogP contribution in [-0.4, -0.2) is 93.0 Å². The van der Waals surface area contributed by atoms with Crippen molar-refractivity contribution in [1.29, 1.82) is 0 Å². The summed E-state index contributed by atoms with van der Waals surface area (Å²) in [5.74, 6) is -1.12. The van der Waals surface area contributed by atoms with Crippen LogP contribution in [-0.2, 0) is 35.4 Å². The maximum atomic E-state index is 13.1. The van der Waals surface area contributed by atoms with Crippen LogP contribution in [0.4, 0.5) is 0 Å². The number of amides is 2. The van der Waals surface area contributed by atoms with Gasteiger partial charge < -0.3 is 23.8 Å². The number of aromatic nitrogens is 1. The summed E-state index contributed by atoms with van der Waals surface area (Å²) < 4.78 is 38.3. The zero-order valence-corrected chi connectivity index (χ0v) is 17.5. The number of carbonyl (C=O) groups is 2. The fourth-order valence-corrected chi connectivity index (χ4v) is 5.25. The number of hydrogen-bond acceptors (Lipinski definition) is 6. The second kappa shape index (κ2) is 8.75. The molecule has 0 radical (unpaired) electrons. The minimum absolute atomic E-state index is 0.0352. The third-order valence-electron chi connectivity index (χ3n) is 5.43. The molecule has 0 atom stereocenters. The Hall–Kier alpha value is -2.43. The van der Waals surface area contributed by atoms with Crippen LogP contribution in [0.3, 0.4) is 0 Å². The summed E-state index contributed by atoms with van der Waals surface area (Å²) in [6.07, 6.45) is 1.48. The molecule has 30 heavy (non-hydrogen) atoms. The Morgan fingerprint density at radius 1 is 0.867 bits per heavy atom. The molecule has 3 heterocycles. The van der Waals surface area contributed by atoms with Crippen molar-refractivity contribution < 1.29 is 27.5 Å². The third-order valence-corrected chi connectivity index (χ3v) is 7.06. The normalized spacial score (nSPS) is 18.0. The molecule has 2 saturated heterocycles. The van der Waals surface area contributed by atoms with Crippen molar-refractivity contribution in [2.45, 2.75) is 11.4 Å². The molecule has 4 rings (SSSR count). The molecule has 2 fully saturated rings. The van der Waals surface area contributed by atoms with Crippen molar-refractivity contribution >= 4 is 32.6 Å². The largest absolute Gasteiger partial charge is 0.378 e. The second-order valence-electron chi connectivity index (χ2n) is 7.38. The molecule has 0 unspecified atom stereocenters. The Labute approximate surface area is 175 Å². The topological polar surface area (TPSA) is 98.2 Å². The van der Waals surface area contributed by atoms with Gasteiger partial charge in [0.25, 0.3) is 0 Å². The van der Waals surface area contributed by atoms with E-state index in [9.17, 15) is 18.0 Å². The van der Waals surface area contributed by atoms with E-state index < -0.39 is 21.5 Å². The van der Waals surface area contributed by atoms with E-state index in [2.05, 4.69) is 0 Å². The van der Waals surface area contributed by atoms with Gasteiger partial charge >= 0.3 is 0 Å². The fraction of sp³-hybridized carbons (Fsp3) is 0.500. The molecule has 2 aliphatic rings. The van der Waals surface area contributed by atoms with Crippen LogP contribution in [0.1, 0.15) is 0 Å². The molecular formula is C20H25N3O6S. The summed E-state index contributed by atoms with van der Waals surface area (Å²) >= 11 is 0. The highest BCUT2D eigenvalue weighted by molar-refractivity contribution is 7.92. The lowest BCUT2D eigenvalue weighted by Gasteiger charge is -2.27. The van der Waals surface area contributed by atoms with Gasteiger partial charge in [0.1, 0.15) is 12.3 Å². The molecule has 9 nitrogen and oxygen atoms in total. The first kappa shape index (κ1) is 20.8. The second-order valence-corrected chi connectivity index (χ2v) is 9.34. The molecule has 2 aliphatic heterocycles. The minimum atomic E-state index is -3.87. The van der Waals surface area contributed by atoms with E-state index in [0.717, 1.165) is 0 Å². The molecule has 1 aromatic carbocycles. The maximum absolute atomic E-state index is 13.1. The van der Waals surface area contributed by atoms with Gasteiger partial charge in [-0.1, -0.05) is 18.2 Å².